The van der Waals surface area contributed by atoms with Crippen LogP contribution in [0.5, 0.6) is 5.75 Å². The Morgan fingerprint density at radius 2 is 1.86 bits per heavy atom. The number of methoxy groups -OCH3 is 1. The monoisotopic (exact) mass is 539 g/mol. The van der Waals surface area contributed by atoms with E-state index in [2.05, 4.69) is 31.9 Å². The van der Waals surface area contributed by atoms with Gasteiger partial charge in [-0.3, -0.25) is 14.5 Å². The summed E-state index contributed by atoms with van der Waals surface area (Å²) in [6, 6.07) is 13.5. The van der Waals surface area contributed by atoms with Crippen molar-refractivity contribution in [1.29, 1.82) is 0 Å². The quantitative estimate of drug-likeness (QED) is 0.310. The van der Waals surface area contributed by atoms with Crippen molar-refractivity contribution in [1.82, 2.24) is 4.90 Å². The van der Waals surface area contributed by atoms with Crippen LogP contribution in [0.4, 0.5) is 4.79 Å². The molecule has 0 spiro atoms. The predicted molar refractivity (Wildman–Crippen MR) is 122 cm³/mol. The van der Waals surface area contributed by atoms with Crippen molar-refractivity contribution in [2.45, 2.75) is 13.0 Å². The van der Waals surface area contributed by atoms with Crippen LogP contribution in [0.15, 0.2) is 56.3 Å². The summed E-state index contributed by atoms with van der Waals surface area (Å²) in [7, 11) is 1.60. The number of benzene rings is 2. The van der Waals surface area contributed by atoms with Crippen LogP contribution in [-0.2, 0) is 16.1 Å². The molecule has 1 fully saturated rings. The maximum atomic E-state index is 12.5. The van der Waals surface area contributed by atoms with E-state index < -0.39 is 0 Å². The highest BCUT2D eigenvalue weighted by atomic mass is 79.9. The molecule has 8 heteroatoms. The van der Waals surface area contributed by atoms with E-state index in [0.29, 0.717) is 36.8 Å². The molecule has 1 heterocycles. The summed E-state index contributed by atoms with van der Waals surface area (Å²) < 4.78 is 12.7. The molecule has 3 rings (SSSR count). The van der Waals surface area contributed by atoms with Gasteiger partial charge in [-0.05, 0) is 75.6 Å². The van der Waals surface area contributed by atoms with Crippen molar-refractivity contribution in [2.75, 3.05) is 20.3 Å². The van der Waals surface area contributed by atoms with Gasteiger partial charge in [-0.1, -0.05) is 34.1 Å². The van der Waals surface area contributed by atoms with Gasteiger partial charge in [0.1, 0.15) is 12.4 Å². The normalized spacial score (nSPS) is 15.4. The second kappa shape index (κ2) is 10.4. The molecular formula is C21H19Br2NO4S. The third-order valence-electron chi connectivity index (χ3n) is 4.17. The number of imide groups is 1. The minimum absolute atomic E-state index is 0.245. The first-order valence-electron chi connectivity index (χ1n) is 8.89. The first kappa shape index (κ1) is 22.1. The second-order valence-corrected chi connectivity index (χ2v) is 9.05. The number of carbonyl (C=O) groups is 2. The highest BCUT2D eigenvalue weighted by Gasteiger charge is 2.34. The van der Waals surface area contributed by atoms with Gasteiger partial charge in [0.15, 0.2) is 0 Å². The van der Waals surface area contributed by atoms with E-state index >= 15 is 0 Å². The molecule has 1 saturated heterocycles. The molecule has 2 aromatic rings. The van der Waals surface area contributed by atoms with Crippen molar-refractivity contribution in [3.05, 3.63) is 67.4 Å². The number of rotatable bonds is 8. The molecule has 0 radical (unpaired) electrons. The SMILES string of the molecule is COCCCN1C(=O)S/C(=C/c2ccc(OCc3ccc(Br)cc3)c(Br)c2)C1=O. The van der Waals surface area contributed by atoms with Gasteiger partial charge in [0, 0.05) is 24.7 Å². The van der Waals surface area contributed by atoms with Gasteiger partial charge in [-0.2, -0.15) is 0 Å². The highest BCUT2D eigenvalue weighted by molar-refractivity contribution is 9.10. The molecule has 5 nitrogen and oxygen atoms in total. The van der Waals surface area contributed by atoms with Crippen LogP contribution in [0.2, 0.25) is 0 Å². The third kappa shape index (κ3) is 5.94. The van der Waals surface area contributed by atoms with E-state index in [1.807, 2.05) is 42.5 Å². The summed E-state index contributed by atoms with van der Waals surface area (Å²) in [6.45, 7) is 1.32. The number of hydrogen-bond acceptors (Lipinski definition) is 5. The molecule has 0 aromatic heterocycles. The molecule has 29 heavy (non-hydrogen) atoms. The Balaban J connectivity index is 1.65. The molecule has 152 valence electrons. The molecule has 2 amide bonds. The van der Waals surface area contributed by atoms with E-state index in [1.165, 1.54) is 4.90 Å². The molecular weight excluding hydrogens is 522 g/mol. The van der Waals surface area contributed by atoms with Gasteiger partial charge in [0.25, 0.3) is 11.1 Å². The Kier molecular flexibility index (Phi) is 7.94. The average molecular weight is 541 g/mol. The van der Waals surface area contributed by atoms with Crippen molar-refractivity contribution in [3.63, 3.8) is 0 Å². The summed E-state index contributed by atoms with van der Waals surface area (Å²) in [5.74, 6) is 0.445. The lowest BCUT2D eigenvalue weighted by atomic mass is 10.2. The van der Waals surface area contributed by atoms with Gasteiger partial charge in [0.2, 0.25) is 0 Å². The molecule has 0 atom stereocenters. The van der Waals surface area contributed by atoms with E-state index in [-0.39, 0.29) is 11.1 Å². The van der Waals surface area contributed by atoms with E-state index in [0.717, 1.165) is 31.8 Å². The molecule has 0 N–H and O–H groups in total. The molecule has 0 bridgehead atoms. The van der Waals surface area contributed by atoms with Crippen molar-refractivity contribution >= 4 is 60.8 Å². The van der Waals surface area contributed by atoms with Crippen LogP contribution in [0, 0.1) is 0 Å². The molecule has 1 aliphatic rings. The number of amides is 2. The number of ether oxygens (including phenoxy) is 2. The number of thioether (sulfide) groups is 1. The lowest BCUT2D eigenvalue weighted by molar-refractivity contribution is -0.122. The topological polar surface area (TPSA) is 55.8 Å². The summed E-state index contributed by atoms with van der Waals surface area (Å²) >= 11 is 7.89. The zero-order chi connectivity index (χ0) is 20.8. The van der Waals surface area contributed by atoms with Gasteiger partial charge >= 0.3 is 0 Å². The van der Waals surface area contributed by atoms with E-state index in [9.17, 15) is 9.59 Å². The second-order valence-electron chi connectivity index (χ2n) is 6.28. The number of nitrogens with zero attached hydrogens (tertiary/aromatic N) is 1. The van der Waals surface area contributed by atoms with Crippen molar-refractivity contribution < 1.29 is 19.1 Å². The smallest absolute Gasteiger partial charge is 0.293 e. The standard InChI is InChI=1S/C21H19Br2NO4S/c1-27-10-2-9-24-20(25)19(29-21(24)26)12-15-5-8-18(17(23)11-15)28-13-14-3-6-16(22)7-4-14/h3-8,11-12H,2,9-10,13H2,1H3/b19-12+. The van der Waals surface area contributed by atoms with Gasteiger partial charge in [0.05, 0.1) is 9.38 Å². The Labute approximate surface area is 190 Å². The zero-order valence-electron chi connectivity index (χ0n) is 15.7. The minimum atomic E-state index is -0.261. The van der Waals surface area contributed by atoms with E-state index in [1.54, 1.807) is 13.2 Å². The van der Waals surface area contributed by atoms with Crippen LogP contribution < -0.4 is 4.74 Å². The highest BCUT2D eigenvalue weighted by Crippen LogP contribution is 2.34. The van der Waals surface area contributed by atoms with Gasteiger partial charge < -0.3 is 9.47 Å². The number of hydrogen-bond donors (Lipinski definition) is 0. The Morgan fingerprint density at radius 1 is 1.10 bits per heavy atom. The maximum absolute atomic E-state index is 12.5. The summed E-state index contributed by atoms with van der Waals surface area (Å²) in [5, 5.41) is -0.245. The maximum Gasteiger partial charge on any atom is 0.293 e. The van der Waals surface area contributed by atoms with Gasteiger partial charge in [-0.15, -0.1) is 0 Å². The lowest BCUT2D eigenvalue weighted by Gasteiger charge is -2.11. The zero-order valence-corrected chi connectivity index (χ0v) is 19.7. The van der Waals surface area contributed by atoms with Crippen molar-refractivity contribution in [3.8, 4) is 5.75 Å². The van der Waals surface area contributed by atoms with Gasteiger partial charge in [-0.25, -0.2) is 0 Å². The predicted octanol–water partition coefficient (Wildman–Crippen LogP) is 5.86. The van der Waals surface area contributed by atoms with Crippen LogP contribution in [0.1, 0.15) is 17.5 Å². The Bertz CT molecular complexity index is 931. The van der Waals surface area contributed by atoms with Crippen LogP contribution >= 0.6 is 43.6 Å². The number of carbonyl (C=O) groups excluding carboxylic acids is 2. The summed E-state index contributed by atoms with van der Waals surface area (Å²) in [4.78, 5) is 26.3. The van der Waals surface area contributed by atoms with Crippen LogP contribution in [0.25, 0.3) is 6.08 Å². The average Bonchev–Trinajstić information content (AvgIpc) is 2.96. The third-order valence-corrected chi connectivity index (χ3v) is 6.22. The van der Waals surface area contributed by atoms with Crippen molar-refractivity contribution in [2.24, 2.45) is 0 Å². The first-order chi connectivity index (χ1) is 14.0. The number of halogens is 2. The Morgan fingerprint density at radius 3 is 2.55 bits per heavy atom. The molecule has 0 aliphatic carbocycles. The summed E-state index contributed by atoms with van der Waals surface area (Å²) in [5.41, 5.74) is 1.88. The first-order valence-corrected chi connectivity index (χ1v) is 11.3. The molecule has 0 unspecified atom stereocenters. The van der Waals surface area contributed by atoms with Crippen LogP contribution in [-0.4, -0.2) is 36.3 Å². The Hall–Kier alpha value is -1.61. The molecule has 2 aromatic carbocycles. The van der Waals surface area contributed by atoms with Crippen LogP contribution in [0.3, 0.4) is 0 Å². The largest absolute Gasteiger partial charge is 0.488 e. The molecule has 0 saturated carbocycles. The summed E-state index contributed by atoms with van der Waals surface area (Å²) in [6.07, 6.45) is 2.35. The fourth-order valence-corrected chi connectivity index (χ4v) is 4.32. The minimum Gasteiger partial charge on any atom is -0.488 e. The molecule has 1 aliphatic heterocycles. The fraction of sp³-hybridized carbons (Fsp3) is 0.238. The fourth-order valence-electron chi connectivity index (χ4n) is 2.68. The lowest BCUT2D eigenvalue weighted by Crippen LogP contribution is -2.29. The van der Waals surface area contributed by atoms with E-state index in [4.69, 9.17) is 9.47 Å².